The van der Waals surface area contributed by atoms with Crippen LogP contribution in [0, 0.1) is 0 Å². The molecule has 0 unspecified atom stereocenters. The minimum absolute atomic E-state index is 0.649. The molecule has 15 heavy (non-hydrogen) atoms. The highest BCUT2D eigenvalue weighted by Gasteiger charge is 2.25. The van der Waals surface area contributed by atoms with E-state index < -0.39 is 0 Å². The number of benzene rings is 1. The fraction of sp³-hybridized carbons (Fsp3) is 0.538. The largest absolute Gasteiger partial charge is 0.397 e. The van der Waals surface area contributed by atoms with E-state index in [4.69, 9.17) is 5.73 Å². The van der Waals surface area contributed by atoms with E-state index in [1.54, 1.807) is 0 Å². The molecule has 0 bridgehead atoms. The van der Waals surface area contributed by atoms with Crippen molar-refractivity contribution in [2.24, 2.45) is 0 Å². The summed E-state index contributed by atoms with van der Waals surface area (Å²) in [5, 5.41) is 0. The highest BCUT2D eigenvalue weighted by Crippen LogP contribution is 2.36. The molecule has 0 aliphatic carbocycles. The van der Waals surface area contributed by atoms with Gasteiger partial charge >= 0.3 is 0 Å². The minimum Gasteiger partial charge on any atom is -0.397 e. The molecule has 1 aliphatic heterocycles. The van der Waals surface area contributed by atoms with Crippen LogP contribution in [0.5, 0.6) is 0 Å². The molecule has 2 N–H and O–H groups in total. The smallest absolute Gasteiger partial charge is 0.0635 e. The monoisotopic (exact) mass is 204 g/mol. The van der Waals surface area contributed by atoms with E-state index in [1.165, 1.54) is 24.1 Å². The van der Waals surface area contributed by atoms with Crippen molar-refractivity contribution in [1.82, 2.24) is 0 Å². The first-order valence-electron chi connectivity index (χ1n) is 5.91. The van der Waals surface area contributed by atoms with Crippen molar-refractivity contribution in [2.75, 3.05) is 17.2 Å². The number of nitrogens with zero attached hydrogens (tertiary/aromatic N) is 1. The van der Waals surface area contributed by atoms with Gasteiger partial charge in [0.15, 0.2) is 0 Å². The van der Waals surface area contributed by atoms with Crippen LogP contribution in [-0.4, -0.2) is 12.6 Å². The molecule has 0 aromatic heterocycles. The van der Waals surface area contributed by atoms with Crippen molar-refractivity contribution < 1.29 is 0 Å². The van der Waals surface area contributed by atoms with Crippen LogP contribution >= 0.6 is 0 Å². The fourth-order valence-electron chi connectivity index (χ4n) is 2.61. The van der Waals surface area contributed by atoms with Gasteiger partial charge in [-0.1, -0.05) is 26.0 Å². The molecular weight excluding hydrogens is 184 g/mol. The maximum Gasteiger partial charge on any atom is 0.0635 e. The SMILES string of the molecule is CCC(CC)N1CCc2cccc(N)c21. The number of hydrogen-bond donors (Lipinski definition) is 1. The lowest BCUT2D eigenvalue weighted by Crippen LogP contribution is -2.33. The van der Waals surface area contributed by atoms with Crippen LogP contribution in [-0.2, 0) is 6.42 Å². The van der Waals surface area contributed by atoms with Gasteiger partial charge in [0.05, 0.1) is 11.4 Å². The molecule has 0 saturated heterocycles. The van der Waals surface area contributed by atoms with E-state index in [9.17, 15) is 0 Å². The van der Waals surface area contributed by atoms with Gasteiger partial charge in [-0.25, -0.2) is 0 Å². The maximum absolute atomic E-state index is 6.07. The number of rotatable bonds is 3. The van der Waals surface area contributed by atoms with Crippen molar-refractivity contribution in [3.8, 4) is 0 Å². The summed E-state index contributed by atoms with van der Waals surface area (Å²) < 4.78 is 0. The summed E-state index contributed by atoms with van der Waals surface area (Å²) >= 11 is 0. The summed E-state index contributed by atoms with van der Waals surface area (Å²) in [6.45, 7) is 5.65. The number of para-hydroxylation sites is 1. The molecule has 0 spiro atoms. The number of nitrogen functional groups attached to an aromatic ring is 1. The van der Waals surface area contributed by atoms with Crippen molar-refractivity contribution in [3.63, 3.8) is 0 Å². The first-order valence-corrected chi connectivity index (χ1v) is 5.91. The molecule has 0 atom stereocenters. The van der Waals surface area contributed by atoms with Crippen LogP contribution in [0.15, 0.2) is 18.2 Å². The Morgan fingerprint density at radius 2 is 2.07 bits per heavy atom. The molecule has 0 saturated carbocycles. The third kappa shape index (κ3) is 1.69. The first kappa shape index (κ1) is 10.3. The lowest BCUT2D eigenvalue weighted by molar-refractivity contribution is 0.571. The standard InChI is InChI=1S/C13H20N2/c1-3-11(4-2)15-9-8-10-6-5-7-12(14)13(10)15/h5-7,11H,3-4,8-9,14H2,1-2H3. The zero-order valence-corrected chi connectivity index (χ0v) is 9.66. The van der Waals surface area contributed by atoms with Gasteiger partial charge in [0.1, 0.15) is 0 Å². The lowest BCUT2D eigenvalue weighted by atomic mass is 10.1. The van der Waals surface area contributed by atoms with Crippen molar-refractivity contribution in [1.29, 1.82) is 0 Å². The second kappa shape index (κ2) is 4.13. The van der Waals surface area contributed by atoms with Crippen LogP contribution in [0.1, 0.15) is 32.3 Å². The van der Waals surface area contributed by atoms with Crippen LogP contribution in [0.2, 0.25) is 0 Å². The zero-order valence-electron chi connectivity index (χ0n) is 9.66. The predicted molar refractivity (Wildman–Crippen MR) is 66.3 cm³/mol. The molecular formula is C13H20N2. The van der Waals surface area contributed by atoms with Crippen LogP contribution in [0.3, 0.4) is 0 Å². The molecule has 82 valence electrons. The molecule has 1 aromatic rings. The normalized spacial score (nSPS) is 14.7. The Balaban J connectivity index is 2.34. The molecule has 0 fully saturated rings. The predicted octanol–water partition coefficient (Wildman–Crippen LogP) is 2.82. The van der Waals surface area contributed by atoms with Gasteiger partial charge in [0.25, 0.3) is 0 Å². The molecule has 2 heteroatoms. The van der Waals surface area contributed by atoms with Crippen molar-refractivity contribution in [3.05, 3.63) is 23.8 Å². The van der Waals surface area contributed by atoms with E-state index in [0.717, 1.165) is 18.7 Å². The number of hydrogen-bond acceptors (Lipinski definition) is 2. The molecule has 1 aliphatic rings. The van der Waals surface area contributed by atoms with Gasteiger partial charge in [-0.2, -0.15) is 0 Å². The van der Waals surface area contributed by atoms with Gasteiger partial charge in [-0.3, -0.25) is 0 Å². The van der Waals surface area contributed by atoms with Gasteiger partial charge in [-0.05, 0) is 30.9 Å². The fourth-order valence-corrected chi connectivity index (χ4v) is 2.61. The van der Waals surface area contributed by atoms with E-state index in [-0.39, 0.29) is 0 Å². The number of fused-ring (bicyclic) bond motifs is 1. The van der Waals surface area contributed by atoms with Gasteiger partial charge in [0.2, 0.25) is 0 Å². The third-order valence-electron chi connectivity index (χ3n) is 3.44. The summed E-state index contributed by atoms with van der Waals surface area (Å²) in [7, 11) is 0. The van der Waals surface area contributed by atoms with Crippen molar-refractivity contribution in [2.45, 2.75) is 39.2 Å². The highest BCUT2D eigenvalue weighted by atomic mass is 15.2. The molecule has 0 radical (unpaired) electrons. The summed E-state index contributed by atoms with van der Waals surface area (Å²) in [5.41, 5.74) is 9.73. The van der Waals surface area contributed by atoms with Gasteiger partial charge in [0, 0.05) is 12.6 Å². The van der Waals surface area contributed by atoms with Crippen LogP contribution < -0.4 is 10.6 Å². The first-order chi connectivity index (χ1) is 7.27. The van der Waals surface area contributed by atoms with E-state index in [0.29, 0.717) is 6.04 Å². The van der Waals surface area contributed by atoms with Crippen LogP contribution in [0.4, 0.5) is 11.4 Å². The van der Waals surface area contributed by atoms with E-state index in [2.05, 4.69) is 30.9 Å². The van der Waals surface area contributed by atoms with E-state index >= 15 is 0 Å². The summed E-state index contributed by atoms with van der Waals surface area (Å²) in [5.74, 6) is 0. The average Bonchev–Trinajstić information content (AvgIpc) is 2.66. The Bertz CT molecular complexity index is 342. The topological polar surface area (TPSA) is 29.3 Å². The van der Waals surface area contributed by atoms with Crippen LogP contribution in [0.25, 0.3) is 0 Å². The maximum atomic E-state index is 6.07. The second-order valence-electron chi connectivity index (χ2n) is 4.27. The Morgan fingerprint density at radius 3 is 2.73 bits per heavy atom. The Kier molecular flexibility index (Phi) is 2.85. The minimum atomic E-state index is 0.649. The highest BCUT2D eigenvalue weighted by molar-refractivity contribution is 5.74. The molecule has 1 heterocycles. The third-order valence-corrected chi connectivity index (χ3v) is 3.44. The molecule has 2 nitrogen and oxygen atoms in total. The van der Waals surface area contributed by atoms with Gasteiger partial charge < -0.3 is 10.6 Å². The Hall–Kier alpha value is -1.18. The Labute approximate surface area is 92.1 Å². The summed E-state index contributed by atoms with van der Waals surface area (Å²) in [6.07, 6.45) is 3.55. The second-order valence-corrected chi connectivity index (χ2v) is 4.27. The van der Waals surface area contributed by atoms with Gasteiger partial charge in [-0.15, -0.1) is 0 Å². The lowest BCUT2D eigenvalue weighted by Gasteiger charge is -2.29. The molecule has 2 rings (SSSR count). The number of nitrogens with two attached hydrogens (primary N) is 1. The molecule has 0 amide bonds. The summed E-state index contributed by atoms with van der Waals surface area (Å²) in [6, 6.07) is 6.92. The Morgan fingerprint density at radius 1 is 1.33 bits per heavy atom. The van der Waals surface area contributed by atoms with E-state index in [1.807, 2.05) is 6.07 Å². The summed E-state index contributed by atoms with van der Waals surface area (Å²) in [4.78, 5) is 2.49. The van der Waals surface area contributed by atoms with Crippen molar-refractivity contribution >= 4 is 11.4 Å². The quantitative estimate of drug-likeness (QED) is 0.767. The average molecular weight is 204 g/mol. The zero-order chi connectivity index (χ0) is 10.8. The molecule has 1 aromatic carbocycles. The number of anilines is 2.